The molecular weight excluding hydrogens is 837 g/mol. The first-order valence-corrected chi connectivity index (χ1v) is 23.8. The molecule has 0 bridgehead atoms. The van der Waals surface area contributed by atoms with Crippen LogP contribution in [0.4, 0.5) is 0 Å². The van der Waals surface area contributed by atoms with Crippen molar-refractivity contribution in [3.8, 4) is 67.3 Å². The van der Waals surface area contributed by atoms with Gasteiger partial charge in [-0.05, 0) is 108 Å². The van der Waals surface area contributed by atoms with Crippen LogP contribution in [0.5, 0.6) is 0 Å². The minimum Gasteiger partial charge on any atom is -0.456 e. The summed E-state index contributed by atoms with van der Waals surface area (Å²) in [5.41, 5.74) is 23.0. The van der Waals surface area contributed by atoms with Gasteiger partial charge in [-0.3, -0.25) is 0 Å². The van der Waals surface area contributed by atoms with Gasteiger partial charge in [-0.1, -0.05) is 212 Å². The van der Waals surface area contributed by atoms with Crippen molar-refractivity contribution in [3.05, 3.63) is 287 Å². The summed E-state index contributed by atoms with van der Waals surface area (Å²) in [5.74, 6) is 0.689. The lowest BCUT2D eigenvalue weighted by molar-refractivity contribution is 0.633. The Bertz CT molecular complexity index is 3980. The number of aromatic nitrogens is 2. The topological polar surface area (TPSA) is 38.9 Å². The summed E-state index contributed by atoms with van der Waals surface area (Å²) in [6, 6.07) is 88.7. The highest BCUT2D eigenvalue weighted by Gasteiger charge is 2.59. The molecule has 12 aromatic rings. The van der Waals surface area contributed by atoms with Crippen LogP contribution in [0.1, 0.15) is 44.5 Å². The molecule has 3 heteroatoms. The largest absolute Gasteiger partial charge is 0.456 e. The van der Waals surface area contributed by atoms with Crippen molar-refractivity contribution in [1.82, 2.24) is 9.97 Å². The molecule has 2 spiro atoms. The number of hydrogen-bond donors (Lipinski definition) is 0. The van der Waals surface area contributed by atoms with Crippen molar-refractivity contribution in [2.24, 2.45) is 0 Å². The summed E-state index contributed by atoms with van der Waals surface area (Å²) in [4.78, 5) is 10.6. The van der Waals surface area contributed by atoms with E-state index in [2.05, 4.69) is 237 Å². The number of para-hydroxylation sites is 1. The van der Waals surface area contributed by atoms with Gasteiger partial charge in [0.15, 0.2) is 5.82 Å². The van der Waals surface area contributed by atoms with Crippen molar-refractivity contribution >= 4 is 21.9 Å². The molecule has 3 nitrogen and oxygen atoms in total. The van der Waals surface area contributed by atoms with Gasteiger partial charge in [0.2, 0.25) is 0 Å². The van der Waals surface area contributed by atoms with Gasteiger partial charge in [-0.2, -0.15) is 0 Å². The van der Waals surface area contributed by atoms with E-state index in [0.717, 1.165) is 50.0 Å². The van der Waals surface area contributed by atoms with Crippen LogP contribution in [0.3, 0.4) is 0 Å². The Balaban J connectivity index is 1.00. The molecule has 0 fully saturated rings. The van der Waals surface area contributed by atoms with Gasteiger partial charge in [-0.25, -0.2) is 9.97 Å². The third-order valence-electron chi connectivity index (χ3n) is 15.4. The summed E-state index contributed by atoms with van der Waals surface area (Å²) in [6.45, 7) is 0. The van der Waals surface area contributed by atoms with Crippen molar-refractivity contribution in [2.75, 3.05) is 0 Å². The number of furan rings is 1. The molecule has 3 aliphatic carbocycles. The van der Waals surface area contributed by atoms with Gasteiger partial charge in [0.1, 0.15) is 11.2 Å². The molecule has 2 aromatic heterocycles. The fraction of sp³-hybridized carbons (Fsp3) is 0.0303. The molecule has 2 heterocycles. The van der Waals surface area contributed by atoms with E-state index < -0.39 is 10.8 Å². The van der Waals surface area contributed by atoms with Crippen molar-refractivity contribution in [1.29, 1.82) is 0 Å². The van der Waals surface area contributed by atoms with Crippen LogP contribution in [-0.4, -0.2) is 9.97 Å². The van der Waals surface area contributed by atoms with Crippen LogP contribution >= 0.6 is 0 Å². The average Bonchev–Trinajstić information content (AvgIpc) is 4.04. The van der Waals surface area contributed by atoms with Gasteiger partial charge in [-0.15, -0.1) is 0 Å². The number of fused-ring (bicyclic) bond motifs is 19. The molecule has 0 atom stereocenters. The Hall–Kier alpha value is -8.92. The lowest BCUT2D eigenvalue weighted by atomic mass is 9.52. The van der Waals surface area contributed by atoms with E-state index in [4.69, 9.17) is 14.4 Å². The zero-order valence-electron chi connectivity index (χ0n) is 37.4. The predicted molar refractivity (Wildman–Crippen MR) is 279 cm³/mol. The summed E-state index contributed by atoms with van der Waals surface area (Å²) >= 11 is 0. The molecule has 320 valence electrons. The number of hydrogen-bond acceptors (Lipinski definition) is 3. The lowest BCUT2D eigenvalue weighted by Gasteiger charge is -2.48. The first-order valence-electron chi connectivity index (χ1n) is 23.8. The Morgan fingerprint density at radius 1 is 0.261 bits per heavy atom. The van der Waals surface area contributed by atoms with Crippen LogP contribution in [-0.2, 0) is 10.8 Å². The standard InChI is InChI=1S/C66H40N2O/c1-3-17-41(18-4-1)42-31-33-43(34-32-42)60-40-61(68-64(67-60)44-19-5-2-6-20-44)45-35-36-54-49(37-45)50-39-63-51(48-23-9-16-30-62(48)69-63)38-59(50)66(54)57-28-14-12-26-55(57)65(56-27-13-15-29-58(56)66)52-24-10-7-21-46(52)47-22-8-11-25-53(47)65/h1-40H. The second-order valence-corrected chi connectivity index (χ2v) is 18.7. The van der Waals surface area contributed by atoms with Crippen LogP contribution in [0.25, 0.3) is 89.2 Å². The van der Waals surface area contributed by atoms with Gasteiger partial charge in [0.05, 0.1) is 22.2 Å². The SMILES string of the molecule is c1ccc(-c2ccc(-c3cc(-c4ccc5c(c4)-c4cc6oc7ccccc7c6cc4C54c5ccccc5C5(c6ccccc6-c6ccccc65)c5ccccc54)nc(-c4ccccc4)n3)cc2)cc1. The zero-order valence-corrected chi connectivity index (χ0v) is 37.4. The van der Waals surface area contributed by atoms with Gasteiger partial charge in [0, 0.05) is 27.5 Å². The molecule has 3 aliphatic rings. The third-order valence-corrected chi connectivity index (χ3v) is 15.4. The van der Waals surface area contributed by atoms with Crippen molar-refractivity contribution in [3.63, 3.8) is 0 Å². The monoisotopic (exact) mass is 876 g/mol. The molecule has 0 amide bonds. The normalized spacial score (nSPS) is 14.0. The quantitative estimate of drug-likeness (QED) is 0.177. The molecular formula is C66H40N2O. The predicted octanol–water partition coefficient (Wildman–Crippen LogP) is 16.1. The number of rotatable bonds is 4. The van der Waals surface area contributed by atoms with Crippen LogP contribution < -0.4 is 0 Å². The van der Waals surface area contributed by atoms with Gasteiger partial charge in [0.25, 0.3) is 0 Å². The highest BCUT2D eigenvalue weighted by atomic mass is 16.3. The third kappa shape index (κ3) is 5.16. The second kappa shape index (κ2) is 14.3. The fourth-order valence-corrected chi connectivity index (χ4v) is 12.6. The average molecular weight is 877 g/mol. The Labute approximate surface area is 399 Å². The minimum absolute atomic E-state index is 0.522. The Morgan fingerprint density at radius 3 is 1.35 bits per heavy atom. The summed E-state index contributed by atoms with van der Waals surface area (Å²) in [7, 11) is 0. The highest BCUT2D eigenvalue weighted by Crippen LogP contribution is 2.68. The van der Waals surface area contributed by atoms with Gasteiger partial charge < -0.3 is 4.42 Å². The highest BCUT2D eigenvalue weighted by molar-refractivity contribution is 6.08. The van der Waals surface area contributed by atoms with E-state index in [1.54, 1.807) is 0 Å². The Kier molecular flexibility index (Phi) is 7.92. The molecule has 10 aromatic carbocycles. The van der Waals surface area contributed by atoms with E-state index in [1.165, 1.54) is 77.9 Å². The molecule has 0 saturated carbocycles. The molecule has 0 aliphatic heterocycles. The van der Waals surface area contributed by atoms with Crippen molar-refractivity contribution < 1.29 is 4.42 Å². The summed E-state index contributed by atoms with van der Waals surface area (Å²) in [6.07, 6.45) is 0. The summed E-state index contributed by atoms with van der Waals surface area (Å²) in [5, 5.41) is 2.24. The van der Waals surface area contributed by atoms with E-state index in [1.807, 2.05) is 6.07 Å². The van der Waals surface area contributed by atoms with Crippen molar-refractivity contribution in [2.45, 2.75) is 10.8 Å². The molecule has 15 rings (SSSR count). The second-order valence-electron chi connectivity index (χ2n) is 18.7. The van der Waals surface area contributed by atoms with E-state index in [0.29, 0.717) is 5.82 Å². The number of benzene rings is 10. The summed E-state index contributed by atoms with van der Waals surface area (Å²) < 4.78 is 6.72. The zero-order chi connectivity index (χ0) is 45.3. The molecule has 0 unspecified atom stereocenters. The smallest absolute Gasteiger partial charge is 0.160 e. The maximum Gasteiger partial charge on any atom is 0.160 e. The first-order chi connectivity index (χ1) is 34.2. The minimum atomic E-state index is -0.660. The lowest BCUT2D eigenvalue weighted by Crippen LogP contribution is -2.43. The van der Waals surface area contributed by atoms with Crippen LogP contribution in [0.15, 0.2) is 247 Å². The maximum absolute atomic E-state index is 6.72. The molecule has 0 N–H and O–H groups in total. The fourth-order valence-electron chi connectivity index (χ4n) is 12.6. The van der Waals surface area contributed by atoms with E-state index in [9.17, 15) is 0 Å². The van der Waals surface area contributed by atoms with Crippen LogP contribution in [0, 0.1) is 0 Å². The van der Waals surface area contributed by atoms with E-state index in [-0.39, 0.29) is 0 Å². The molecule has 0 saturated heterocycles. The van der Waals surface area contributed by atoms with Crippen LogP contribution in [0.2, 0.25) is 0 Å². The Morgan fingerprint density at radius 2 is 0.710 bits per heavy atom. The van der Waals surface area contributed by atoms with Gasteiger partial charge >= 0.3 is 0 Å². The molecule has 69 heavy (non-hydrogen) atoms. The van der Waals surface area contributed by atoms with E-state index >= 15 is 0 Å². The first kappa shape index (κ1) is 38.2. The maximum atomic E-state index is 6.72. The molecule has 0 radical (unpaired) electrons. The number of nitrogens with zero attached hydrogens (tertiary/aromatic N) is 2.